The standard InChI is InChI=1S/C20H38O5/c1-9-13-17(11-3)25-20(8,12-4)15(6)18(21)24-16(7)19(22)23-14(5)10-2/h14-17H,9-13H2,1-8H3/t14?,15?,16?,17-,20?/m1/s1. The number of esters is 2. The van der Waals surface area contributed by atoms with Gasteiger partial charge in [-0.1, -0.05) is 34.1 Å². The largest absolute Gasteiger partial charge is 0.460 e. The molecular formula is C20H38O5. The topological polar surface area (TPSA) is 61.8 Å². The van der Waals surface area contributed by atoms with Gasteiger partial charge in [0.25, 0.3) is 0 Å². The number of hydrogen-bond donors (Lipinski definition) is 0. The number of rotatable bonds is 12. The molecule has 0 rings (SSSR count). The van der Waals surface area contributed by atoms with Crippen LogP contribution >= 0.6 is 0 Å². The molecule has 0 aromatic carbocycles. The summed E-state index contributed by atoms with van der Waals surface area (Å²) in [7, 11) is 0. The summed E-state index contributed by atoms with van der Waals surface area (Å²) in [6.07, 6.45) is 3.34. The molecular weight excluding hydrogens is 320 g/mol. The molecule has 0 spiro atoms. The Bertz CT molecular complexity index is 409. The van der Waals surface area contributed by atoms with Gasteiger partial charge in [-0.3, -0.25) is 4.79 Å². The van der Waals surface area contributed by atoms with Crippen molar-refractivity contribution >= 4 is 11.9 Å². The number of carbonyl (C=O) groups excluding carboxylic acids is 2. The third kappa shape index (κ3) is 7.76. The zero-order valence-corrected chi connectivity index (χ0v) is 17.4. The third-order valence-corrected chi connectivity index (χ3v) is 4.99. The van der Waals surface area contributed by atoms with Crippen LogP contribution in [0.4, 0.5) is 0 Å². The molecule has 0 saturated heterocycles. The van der Waals surface area contributed by atoms with Crippen LogP contribution in [-0.2, 0) is 23.8 Å². The molecule has 0 fully saturated rings. The van der Waals surface area contributed by atoms with Gasteiger partial charge in [-0.15, -0.1) is 0 Å². The molecule has 148 valence electrons. The summed E-state index contributed by atoms with van der Waals surface area (Å²) in [5.41, 5.74) is -0.618. The fourth-order valence-corrected chi connectivity index (χ4v) is 2.49. The Hall–Kier alpha value is -1.10. The zero-order chi connectivity index (χ0) is 19.6. The maximum atomic E-state index is 12.5. The summed E-state index contributed by atoms with van der Waals surface area (Å²) < 4.78 is 16.8. The van der Waals surface area contributed by atoms with E-state index in [-0.39, 0.29) is 12.2 Å². The molecule has 0 amide bonds. The highest BCUT2D eigenvalue weighted by atomic mass is 16.6. The lowest BCUT2D eigenvalue weighted by atomic mass is 9.87. The molecule has 0 aromatic rings. The van der Waals surface area contributed by atoms with Gasteiger partial charge in [-0.25, -0.2) is 4.79 Å². The normalized spacial score (nSPS) is 18.6. The Kier molecular flexibility index (Phi) is 11.0. The maximum Gasteiger partial charge on any atom is 0.347 e. The van der Waals surface area contributed by atoms with Crippen molar-refractivity contribution in [2.24, 2.45) is 5.92 Å². The number of hydrogen-bond acceptors (Lipinski definition) is 5. The van der Waals surface area contributed by atoms with Crippen molar-refractivity contribution in [3.05, 3.63) is 0 Å². The smallest absolute Gasteiger partial charge is 0.347 e. The molecule has 5 atom stereocenters. The number of ether oxygens (including phenoxy) is 3. The van der Waals surface area contributed by atoms with Crippen LogP contribution in [0.3, 0.4) is 0 Å². The van der Waals surface area contributed by atoms with Crippen molar-refractivity contribution in [3.8, 4) is 0 Å². The lowest BCUT2D eigenvalue weighted by Gasteiger charge is -2.37. The summed E-state index contributed by atoms with van der Waals surface area (Å²) in [6.45, 7) is 15.3. The van der Waals surface area contributed by atoms with Crippen molar-refractivity contribution in [1.29, 1.82) is 0 Å². The van der Waals surface area contributed by atoms with Crippen LogP contribution in [0.2, 0.25) is 0 Å². The Labute approximate surface area is 153 Å². The Morgan fingerprint density at radius 3 is 1.96 bits per heavy atom. The summed E-state index contributed by atoms with van der Waals surface area (Å²) in [5.74, 6) is -1.40. The Morgan fingerprint density at radius 1 is 0.920 bits per heavy atom. The Morgan fingerprint density at radius 2 is 1.52 bits per heavy atom. The van der Waals surface area contributed by atoms with E-state index >= 15 is 0 Å². The quantitative estimate of drug-likeness (QED) is 0.475. The highest BCUT2D eigenvalue weighted by Gasteiger charge is 2.39. The van der Waals surface area contributed by atoms with E-state index in [0.29, 0.717) is 6.42 Å². The predicted molar refractivity (Wildman–Crippen MR) is 99.3 cm³/mol. The molecule has 4 unspecified atom stereocenters. The SMILES string of the molecule is CCC[C@@H](CC)OC(C)(CC)C(C)C(=O)OC(C)C(=O)OC(C)CC. The molecule has 5 nitrogen and oxygen atoms in total. The van der Waals surface area contributed by atoms with Crippen LogP contribution < -0.4 is 0 Å². The van der Waals surface area contributed by atoms with E-state index < -0.39 is 29.6 Å². The monoisotopic (exact) mass is 358 g/mol. The fraction of sp³-hybridized carbons (Fsp3) is 0.900. The van der Waals surface area contributed by atoms with Crippen molar-refractivity contribution in [2.75, 3.05) is 0 Å². The zero-order valence-electron chi connectivity index (χ0n) is 17.4. The van der Waals surface area contributed by atoms with E-state index in [1.807, 2.05) is 27.7 Å². The van der Waals surface area contributed by atoms with E-state index in [9.17, 15) is 9.59 Å². The van der Waals surface area contributed by atoms with Gasteiger partial charge in [0.2, 0.25) is 0 Å². The van der Waals surface area contributed by atoms with Crippen LogP contribution in [0.1, 0.15) is 87.5 Å². The predicted octanol–water partition coefficient (Wildman–Crippen LogP) is 4.66. The minimum absolute atomic E-state index is 0.123. The second-order valence-corrected chi connectivity index (χ2v) is 7.06. The second-order valence-electron chi connectivity index (χ2n) is 7.06. The van der Waals surface area contributed by atoms with Crippen molar-refractivity contribution in [3.63, 3.8) is 0 Å². The van der Waals surface area contributed by atoms with E-state index in [0.717, 1.165) is 25.7 Å². The van der Waals surface area contributed by atoms with Gasteiger partial charge >= 0.3 is 11.9 Å². The molecule has 0 bridgehead atoms. The first-order chi connectivity index (χ1) is 11.6. The second kappa shape index (κ2) is 11.5. The fourth-order valence-electron chi connectivity index (χ4n) is 2.49. The summed E-state index contributed by atoms with van der Waals surface area (Å²) >= 11 is 0. The number of carbonyl (C=O) groups is 2. The van der Waals surface area contributed by atoms with Crippen LogP contribution in [0.25, 0.3) is 0 Å². The van der Waals surface area contributed by atoms with E-state index in [2.05, 4.69) is 13.8 Å². The van der Waals surface area contributed by atoms with Crippen molar-refractivity contribution < 1.29 is 23.8 Å². The van der Waals surface area contributed by atoms with Crippen LogP contribution in [-0.4, -0.2) is 35.9 Å². The minimum atomic E-state index is -0.914. The molecule has 0 radical (unpaired) electrons. The van der Waals surface area contributed by atoms with Gasteiger partial charge in [-0.05, 0) is 53.4 Å². The molecule has 0 aliphatic rings. The molecule has 0 heterocycles. The molecule has 0 saturated carbocycles. The molecule has 5 heteroatoms. The average molecular weight is 359 g/mol. The van der Waals surface area contributed by atoms with E-state index in [4.69, 9.17) is 14.2 Å². The molecule has 25 heavy (non-hydrogen) atoms. The summed E-state index contributed by atoms with van der Waals surface area (Å²) in [4.78, 5) is 24.5. The lowest BCUT2D eigenvalue weighted by molar-refractivity contribution is -0.182. The maximum absolute atomic E-state index is 12.5. The van der Waals surface area contributed by atoms with Crippen molar-refractivity contribution in [2.45, 2.75) is 111 Å². The van der Waals surface area contributed by atoms with Crippen LogP contribution in [0.15, 0.2) is 0 Å². The van der Waals surface area contributed by atoms with Crippen LogP contribution in [0.5, 0.6) is 0 Å². The van der Waals surface area contributed by atoms with Crippen molar-refractivity contribution in [1.82, 2.24) is 0 Å². The highest BCUT2D eigenvalue weighted by Crippen LogP contribution is 2.30. The first-order valence-corrected chi connectivity index (χ1v) is 9.73. The first kappa shape index (κ1) is 23.9. The highest BCUT2D eigenvalue weighted by molar-refractivity contribution is 5.80. The molecule has 0 aliphatic heterocycles. The first-order valence-electron chi connectivity index (χ1n) is 9.73. The van der Waals surface area contributed by atoms with Gasteiger partial charge in [-0.2, -0.15) is 0 Å². The summed E-state index contributed by atoms with van der Waals surface area (Å²) in [5, 5.41) is 0. The van der Waals surface area contributed by atoms with Crippen LogP contribution in [0, 0.1) is 5.92 Å². The average Bonchev–Trinajstić information content (AvgIpc) is 2.59. The lowest BCUT2D eigenvalue weighted by Crippen LogP contribution is -2.44. The van der Waals surface area contributed by atoms with E-state index in [1.165, 1.54) is 0 Å². The minimum Gasteiger partial charge on any atom is -0.460 e. The van der Waals surface area contributed by atoms with Gasteiger partial charge < -0.3 is 14.2 Å². The third-order valence-electron chi connectivity index (χ3n) is 4.99. The van der Waals surface area contributed by atoms with Gasteiger partial charge in [0, 0.05) is 0 Å². The Balaban J connectivity index is 4.88. The van der Waals surface area contributed by atoms with Gasteiger partial charge in [0.1, 0.15) is 0 Å². The van der Waals surface area contributed by atoms with E-state index in [1.54, 1.807) is 13.8 Å². The van der Waals surface area contributed by atoms with Gasteiger partial charge in [0.05, 0.1) is 23.7 Å². The molecule has 0 N–H and O–H groups in total. The van der Waals surface area contributed by atoms with Gasteiger partial charge in [0.15, 0.2) is 6.10 Å². The summed E-state index contributed by atoms with van der Waals surface area (Å²) in [6, 6.07) is 0. The molecule has 0 aromatic heterocycles. The molecule has 0 aliphatic carbocycles.